The fourth-order valence-electron chi connectivity index (χ4n) is 2.30. The van der Waals surface area contributed by atoms with Gasteiger partial charge in [-0.2, -0.15) is 0 Å². The van der Waals surface area contributed by atoms with Gasteiger partial charge >= 0.3 is 0 Å². The highest BCUT2D eigenvalue weighted by molar-refractivity contribution is 9.10. The van der Waals surface area contributed by atoms with Gasteiger partial charge in [-0.3, -0.25) is 0 Å². The number of rotatable bonds is 3. The number of fused-ring (bicyclic) bond motifs is 1. The largest absolute Gasteiger partial charge is 0.493 e. The maximum Gasteiger partial charge on any atom is 0.127 e. The summed E-state index contributed by atoms with van der Waals surface area (Å²) in [6, 6.07) is 8.76. The van der Waals surface area contributed by atoms with Crippen LogP contribution in [0.15, 0.2) is 39.3 Å². The van der Waals surface area contributed by atoms with Crippen LogP contribution < -0.4 is 10.1 Å². The lowest BCUT2D eigenvalue weighted by Crippen LogP contribution is -2.02. The SMILES string of the molecule is Fc1ccc(NCc2cc(Br)cc3c2OCC3)c(Br)c1. The summed E-state index contributed by atoms with van der Waals surface area (Å²) in [5.74, 6) is 0.716. The maximum absolute atomic E-state index is 13.1. The van der Waals surface area contributed by atoms with E-state index in [0.717, 1.165) is 34.5 Å². The first kappa shape index (κ1) is 13.9. The van der Waals surface area contributed by atoms with E-state index in [-0.39, 0.29) is 5.82 Å². The highest BCUT2D eigenvalue weighted by Crippen LogP contribution is 2.34. The van der Waals surface area contributed by atoms with Gasteiger partial charge in [-0.25, -0.2) is 4.39 Å². The molecule has 0 unspecified atom stereocenters. The van der Waals surface area contributed by atoms with Crippen LogP contribution in [-0.4, -0.2) is 6.61 Å². The summed E-state index contributed by atoms with van der Waals surface area (Å²) in [5.41, 5.74) is 3.19. The molecule has 5 heteroatoms. The predicted molar refractivity (Wildman–Crippen MR) is 84.8 cm³/mol. The molecule has 0 aliphatic carbocycles. The fourth-order valence-corrected chi connectivity index (χ4v) is 3.34. The fraction of sp³-hybridized carbons (Fsp3) is 0.200. The van der Waals surface area contributed by atoms with Crippen LogP contribution in [0.4, 0.5) is 10.1 Å². The van der Waals surface area contributed by atoms with E-state index in [4.69, 9.17) is 4.74 Å². The predicted octanol–water partition coefficient (Wildman–Crippen LogP) is 4.90. The second kappa shape index (κ2) is 5.74. The Labute approximate surface area is 133 Å². The smallest absolute Gasteiger partial charge is 0.127 e. The minimum Gasteiger partial charge on any atom is -0.493 e. The van der Waals surface area contributed by atoms with E-state index in [1.54, 1.807) is 6.07 Å². The lowest BCUT2D eigenvalue weighted by molar-refractivity contribution is 0.354. The van der Waals surface area contributed by atoms with Crippen molar-refractivity contribution < 1.29 is 9.13 Å². The van der Waals surface area contributed by atoms with Crippen molar-refractivity contribution in [3.05, 3.63) is 56.2 Å². The topological polar surface area (TPSA) is 21.3 Å². The molecule has 0 atom stereocenters. The molecule has 104 valence electrons. The van der Waals surface area contributed by atoms with Gasteiger partial charge in [-0.15, -0.1) is 0 Å². The molecule has 1 aliphatic rings. The zero-order chi connectivity index (χ0) is 14.1. The highest BCUT2D eigenvalue weighted by atomic mass is 79.9. The first-order valence-corrected chi connectivity index (χ1v) is 7.85. The van der Waals surface area contributed by atoms with Crippen molar-refractivity contribution >= 4 is 37.5 Å². The normalized spacial score (nSPS) is 12.9. The Kier molecular flexibility index (Phi) is 3.98. The third-order valence-electron chi connectivity index (χ3n) is 3.23. The average Bonchev–Trinajstić information content (AvgIpc) is 2.85. The van der Waals surface area contributed by atoms with Crippen molar-refractivity contribution in [3.63, 3.8) is 0 Å². The van der Waals surface area contributed by atoms with Gasteiger partial charge in [-0.05, 0) is 51.8 Å². The van der Waals surface area contributed by atoms with E-state index in [1.807, 2.05) is 0 Å². The summed E-state index contributed by atoms with van der Waals surface area (Å²) in [4.78, 5) is 0. The molecule has 1 heterocycles. The van der Waals surface area contributed by atoms with Crippen molar-refractivity contribution in [2.24, 2.45) is 0 Å². The van der Waals surface area contributed by atoms with Crippen molar-refractivity contribution in [1.29, 1.82) is 0 Å². The minimum atomic E-state index is -0.255. The summed E-state index contributed by atoms with van der Waals surface area (Å²) in [7, 11) is 0. The molecule has 3 rings (SSSR count). The van der Waals surface area contributed by atoms with E-state index in [1.165, 1.54) is 17.7 Å². The molecule has 2 nitrogen and oxygen atoms in total. The molecule has 0 saturated heterocycles. The van der Waals surface area contributed by atoms with Crippen LogP contribution in [0.3, 0.4) is 0 Å². The van der Waals surface area contributed by atoms with Crippen molar-refractivity contribution in [2.45, 2.75) is 13.0 Å². The summed E-state index contributed by atoms with van der Waals surface area (Å²) >= 11 is 6.88. The van der Waals surface area contributed by atoms with E-state index >= 15 is 0 Å². The number of anilines is 1. The summed E-state index contributed by atoms with van der Waals surface area (Å²) in [6.07, 6.45) is 0.946. The molecule has 2 aromatic carbocycles. The number of hydrogen-bond acceptors (Lipinski definition) is 2. The Morgan fingerprint density at radius 2 is 2.05 bits per heavy atom. The Bertz CT molecular complexity index is 661. The minimum absolute atomic E-state index is 0.255. The number of hydrogen-bond donors (Lipinski definition) is 1. The van der Waals surface area contributed by atoms with Crippen LogP contribution in [0.1, 0.15) is 11.1 Å². The van der Waals surface area contributed by atoms with Gasteiger partial charge in [0.15, 0.2) is 0 Å². The summed E-state index contributed by atoms with van der Waals surface area (Å²) < 4.78 is 20.5. The number of ether oxygens (including phenoxy) is 1. The Hall–Kier alpha value is -1.07. The molecule has 0 saturated carbocycles. The molecule has 1 aliphatic heterocycles. The third kappa shape index (κ3) is 2.83. The molecule has 0 fully saturated rings. The van der Waals surface area contributed by atoms with E-state index in [9.17, 15) is 4.39 Å². The van der Waals surface area contributed by atoms with Gasteiger partial charge in [0.05, 0.1) is 6.61 Å². The number of nitrogens with one attached hydrogen (secondary N) is 1. The molecule has 0 amide bonds. The first-order chi connectivity index (χ1) is 9.63. The average molecular weight is 401 g/mol. The van der Waals surface area contributed by atoms with Crippen LogP contribution >= 0.6 is 31.9 Å². The Morgan fingerprint density at radius 1 is 1.20 bits per heavy atom. The van der Waals surface area contributed by atoms with Gasteiger partial charge in [0.25, 0.3) is 0 Å². The number of halogens is 3. The molecule has 20 heavy (non-hydrogen) atoms. The molecule has 1 N–H and O–H groups in total. The Balaban J connectivity index is 1.82. The van der Waals surface area contributed by atoms with Crippen molar-refractivity contribution in [1.82, 2.24) is 0 Å². The quantitative estimate of drug-likeness (QED) is 0.791. The van der Waals surface area contributed by atoms with Gasteiger partial charge < -0.3 is 10.1 Å². The monoisotopic (exact) mass is 399 g/mol. The van der Waals surface area contributed by atoms with Gasteiger partial charge in [0.1, 0.15) is 11.6 Å². The zero-order valence-corrected chi connectivity index (χ0v) is 13.7. The van der Waals surface area contributed by atoms with E-state index in [0.29, 0.717) is 11.0 Å². The lowest BCUT2D eigenvalue weighted by atomic mass is 10.1. The second-order valence-corrected chi connectivity index (χ2v) is 6.40. The lowest BCUT2D eigenvalue weighted by Gasteiger charge is -2.12. The first-order valence-electron chi connectivity index (χ1n) is 6.26. The standard InChI is InChI=1S/C15H12Br2FNO/c16-11-5-9-3-4-20-15(9)10(6-11)8-19-14-2-1-12(18)7-13(14)17/h1-2,5-7,19H,3-4,8H2. The summed E-state index contributed by atoms with van der Waals surface area (Å²) in [5, 5.41) is 3.30. The van der Waals surface area contributed by atoms with Crippen LogP contribution in [-0.2, 0) is 13.0 Å². The van der Waals surface area contributed by atoms with Crippen LogP contribution in [0.2, 0.25) is 0 Å². The maximum atomic E-state index is 13.1. The van der Waals surface area contributed by atoms with E-state index < -0.39 is 0 Å². The van der Waals surface area contributed by atoms with Crippen LogP contribution in [0.5, 0.6) is 5.75 Å². The highest BCUT2D eigenvalue weighted by Gasteiger charge is 2.17. The van der Waals surface area contributed by atoms with Gasteiger partial charge in [0.2, 0.25) is 0 Å². The number of benzene rings is 2. The summed E-state index contributed by atoms with van der Waals surface area (Å²) in [6.45, 7) is 1.37. The van der Waals surface area contributed by atoms with Crippen LogP contribution in [0.25, 0.3) is 0 Å². The van der Waals surface area contributed by atoms with Crippen LogP contribution in [0, 0.1) is 5.82 Å². The molecular weight excluding hydrogens is 389 g/mol. The molecule has 2 aromatic rings. The second-order valence-electron chi connectivity index (χ2n) is 4.63. The zero-order valence-electron chi connectivity index (χ0n) is 10.6. The molecular formula is C15H12Br2FNO. The van der Waals surface area contributed by atoms with Gasteiger partial charge in [-0.1, -0.05) is 15.9 Å². The van der Waals surface area contributed by atoms with Crippen molar-refractivity contribution in [2.75, 3.05) is 11.9 Å². The Morgan fingerprint density at radius 3 is 2.85 bits per heavy atom. The third-order valence-corrected chi connectivity index (χ3v) is 4.34. The molecule has 0 bridgehead atoms. The molecule has 0 radical (unpaired) electrons. The molecule has 0 spiro atoms. The molecule has 0 aromatic heterocycles. The van der Waals surface area contributed by atoms with E-state index in [2.05, 4.69) is 49.3 Å². The van der Waals surface area contributed by atoms with Crippen molar-refractivity contribution in [3.8, 4) is 5.75 Å². The van der Waals surface area contributed by atoms with Gasteiger partial charge in [0, 0.05) is 33.2 Å².